The Kier molecular flexibility index (Phi) is 7.32. The molecule has 0 amide bonds. The molecule has 0 aliphatic rings. The molecular formula is C20H32N4. The Balaban J connectivity index is 1.99. The van der Waals surface area contributed by atoms with Gasteiger partial charge in [-0.05, 0) is 32.4 Å². The molecule has 0 unspecified atom stereocenters. The van der Waals surface area contributed by atoms with Crippen molar-refractivity contribution in [2.24, 2.45) is 5.73 Å². The Bertz CT molecular complexity index is 584. The van der Waals surface area contributed by atoms with Gasteiger partial charge in [-0.1, -0.05) is 44.7 Å². The summed E-state index contributed by atoms with van der Waals surface area (Å²) in [5.41, 5.74) is 9.63. The van der Waals surface area contributed by atoms with Crippen LogP contribution in [0.1, 0.15) is 64.7 Å². The zero-order valence-corrected chi connectivity index (χ0v) is 15.4. The normalized spacial score (nSPS) is 12.3. The van der Waals surface area contributed by atoms with Crippen molar-refractivity contribution < 1.29 is 0 Å². The maximum Gasteiger partial charge on any atom is 0.123 e. The van der Waals surface area contributed by atoms with Crippen molar-refractivity contribution in [2.45, 2.75) is 58.9 Å². The molecule has 1 aromatic heterocycles. The van der Waals surface area contributed by atoms with Crippen molar-refractivity contribution in [1.82, 2.24) is 9.97 Å². The number of aromatic nitrogens is 2. The topological polar surface area (TPSA) is 57.9 Å². The third kappa shape index (κ3) is 4.84. The van der Waals surface area contributed by atoms with Gasteiger partial charge in [0.2, 0.25) is 0 Å². The predicted molar refractivity (Wildman–Crippen MR) is 103 cm³/mol. The van der Waals surface area contributed by atoms with Crippen LogP contribution in [0.5, 0.6) is 0 Å². The molecule has 0 saturated heterocycles. The summed E-state index contributed by atoms with van der Waals surface area (Å²) in [5.74, 6) is 0.898. The highest BCUT2D eigenvalue weighted by Crippen LogP contribution is 2.24. The summed E-state index contributed by atoms with van der Waals surface area (Å²) in [6, 6.07) is 8.62. The van der Waals surface area contributed by atoms with Gasteiger partial charge in [0.25, 0.3) is 0 Å². The molecule has 24 heavy (non-hydrogen) atoms. The fourth-order valence-electron chi connectivity index (χ4n) is 3.03. The van der Waals surface area contributed by atoms with Crippen LogP contribution in [-0.2, 0) is 0 Å². The molecule has 1 aromatic carbocycles. The molecule has 0 spiro atoms. The fourth-order valence-corrected chi connectivity index (χ4v) is 3.03. The monoisotopic (exact) mass is 328 g/mol. The zero-order valence-electron chi connectivity index (χ0n) is 15.4. The van der Waals surface area contributed by atoms with Crippen LogP contribution < -0.4 is 10.6 Å². The van der Waals surface area contributed by atoms with Gasteiger partial charge in [0.05, 0.1) is 11.7 Å². The van der Waals surface area contributed by atoms with Crippen LogP contribution >= 0.6 is 0 Å². The van der Waals surface area contributed by atoms with Crippen molar-refractivity contribution in [1.29, 1.82) is 0 Å². The highest BCUT2D eigenvalue weighted by molar-refractivity contribution is 5.62. The molecule has 0 radical (unpaired) electrons. The van der Waals surface area contributed by atoms with Gasteiger partial charge in [0.15, 0.2) is 0 Å². The average Bonchev–Trinajstić information content (AvgIpc) is 3.10. The van der Waals surface area contributed by atoms with Crippen LogP contribution in [0.2, 0.25) is 0 Å². The van der Waals surface area contributed by atoms with E-state index in [2.05, 4.69) is 54.9 Å². The van der Waals surface area contributed by atoms with Gasteiger partial charge in [-0.15, -0.1) is 0 Å². The number of nitrogens with two attached hydrogens (primary N) is 1. The van der Waals surface area contributed by atoms with E-state index in [4.69, 9.17) is 10.7 Å². The van der Waals surface area contributed by atoms with Crippen LogP contribution in [-0.4, -0.2) is 23.1 Å². The molecule has 3 N–H and O–H groups in total. The van der Waals surface area contributed by atoms with Crippen molar-refractivity contribution in [3.63, 3.8) is 0 Å². The molecule has 2 aromatic rings. The lowest BCUT2D eigenvalue weighted by atomic mass is 10.1. The average molecular weight is 329 g/mol. The van der Waals surface area contributed by atoms with Crippen LogP contribution in [0.25, 0.3) is 11.3 Å². The van der Waals surface area contributed by atoms with Crippen LogP contribution in [0.4, 0.5) is 5.69 Å². The molecule has 4 heteroatoms. The number of aromatic amines is 1. The summed E-state index contributed by atoms with van der Waals surface area (Å²) in [7, 11) is 0. The van der Waals surface area contributed by atoms with Gasteiger partial charge in [-0.3, -0.25) is 0 Å². The van der Waals surface area contributed by atoms with E-state index in [9.17, 15) is 0 Å². The number of rotatable bonds is 10. The summed E-state index contributed by atoms with van der Waals surface area (Å²) in [6.07, 6.45) is 7.92. The van der Waals surface area contributed by atoms with Crippen molar-refractivity contribution in [2.75, 3.05) is 18.0 Å². The first kappa shape index (κ1) is 18.5. The minimum absolute atomic E-state index is 0.00514. The molecule has 1 heterocycles. The summed E-state index contributed by atoms with van der Waals surface area (Å²) in [4.78, 5) is 10.3. The molecular weight excluding hydrogens is 296 g/mol. The van der Waals surface area contributed by atoms with Gasteiger partial charge < -0.3 is 15.6 Å². The molecule has 2 rings (SSSR count). The standard InChI is InChI=1S/C20H32N4/c1-4-7-8-9-10-18(21)20-22-15-19(23-20)16-11-13-17(14-12-16)24(5-2)6-3/h11-15,18H,4-10,21H2,1-3H3,(H,22,23)/t18-/m1/s1. The number of anilines is 1. The maximum absolute atomic E-state index is 6.27. The Morgan fingerprint density at radius 3 is 2.38 bits per heavy atom. The fraction of sp³-hybridized carbons (Fsp3) is 0.550. The molecule has 0 bridgehead atoms. The molecule has 0 aliphatic carbocycles. The highest BCUT2D eigenvalue weighted by atomic mass is 15.1. The highest BCUT2D eigenvalue weighted by Gasteiger charge is 2.11. The molecule has 0 aliphatic heterocycles. The minimum atomic E-state index is 0.00514. The number of hydrogen-bond donors (Lipinski definition) is 2. The third-order valence-electron chi connectivity index (χ3n) is 4.61. The quantitative estimate of drug-likeness (QED) is 0.610. The van der Waals surface area contributed by atoms with E-state index in [0.29, 0.717) is 0 Å². The summed E-state index contributed by atoms with van der Waals surface area (Å²) >= 11 is 0. The van der Waals surface area contributed by atoms with Gasteiger partial charge in [-0.2, -0.15) is 0 Å². The lowest BCUT2D eigenvalue weighted by molar-refractivity contribution is 0.550. The summed E-state index contributed by atoms with van der Waals surface area (Å²) in [5, 5.41) is 0. The Hall–Kier alpha value is -1.81. The van der Waals surface area contributed by atoms with Crippen molar-refractivity contribution >= 4 is 5.69 Å². The Labute approximate surface area is 146 Å². The number of benzene rings is 1. The molecule has 1 atom stereocenters. The summed E-state index contributed by atoms with van der Waals surface area (Å²) in [6.45, 7) is 8.63. The third-order valence-corrected chi connectivity index (χ3v) is 4.61. The van der Waals surface area contributed by atoms with Crippen LogP contribution in [0.15, 0.2) is 30.5 Å². The Morgan fingerprint density at radius 2 is 1.75 bits per heavy atom. The van der Waals surface area contributed by atoms with Crippen LogP contribution in [0, 0.1) is 0 Å². The number of H-pyrrole nitrogens is 1. The summed E-state index contributed by atoms with van der Waals surface area (Å²) < 4.78 is 0. The van der Waals surface area contributed by atoms with Gasteiger partial charge in [0, 0.05) is 30.5 Å². The molecule has 0 saturated carbocycles. The first-order valence-corrected chi connectivity index (χ1v) is 9.35. The van der Waals surface area contributed by atoms with Gasteiger partial charge >= 0.3 is 0 Å². The van der Waals surface area contributed by atoms with E-state index >= 15 is 0 Å². The molecule has 4 nitrogen and oxygen atoms in total. The second-order valence-electron chi connectivity index (χ2n) is 6.35. The van der Waals surface area contributed by atoms with Crippen molar-refractivity contribution in [3.8, 4) is 11.3 Å². The number of nitrogens with one attached hydrogen (secondary N) is 1. The maximum atomic E-state index is 6.27. The second kappa shape index (κ2) is 9.48. The number of hydrogen-bond acceptors (Lipinski definition) is 3. The van der Waals surface area contributed by atoms with E-state index in [1.807, 2.05) is 6.20 Å². The molecule has 132 valence electrons. The first-order chi connectivity index (χ1) is 11.7. The smallest absolute Gasteiger partial charge is 0.123 e. The first-order valence-electron chi connectivity index (χ1n) is 9.35. The van der Waals surface area contributed by atoms with E-state index in [0.717, 1.165) is 36.6 Å². The number of nitrogens with zero attached hydrogens (tertiary/aromatic N) is 2. The SMILES string of the molecule is CCCCCC[C@@H](N)c1nc(-c2ccc(N(CC)CC)cc2)c[nH]1. The lowest BCUT2D eigenvalue weighted by Gasteiger charge is -2.20. The number of imidazole rings is 1. The van der Waals surface area contributed by atoms with E-state index in [1.54, 1.807) is 0 Å². The second-order valence-corrected chi connectivity index (χ2v) is 6.35. The lowest BCUT2D eigenvalue weighted by Crippen LogP contribution is -2.21. The minimum Gasteiger partial charge on any atom is -0.372 e. The Morgan fingerprint density at radius 1 is 1.04 bits per heavy atom. The van der Waals surface area contributed by atoms with Gasteiger partial charge in [-0.25, -0.2) is 4.98 Å². The van der Waals surface area contributed by atoms with E-state index in [-0.39, 0.29) is 6.04 Å². The van der Waals surface area contributed by atoms with E-state index in [1.165, 1.54) is 31.4 Å². The van der Waals surface area contributed by atoms with Gasteiger partial charge in [0.1, 0.15) is 5.82 Å². The molecule has 0 fully saturated rings. The van der Waals surface area contributed by atoms with Crippen molar-refractivity contribution in [3.05, 3.63) is 36.3 Å². The largest absolute Gasteiger partial charge is 0.372 e. The van der Waals surface area contributed by atoms with E-state index < -0.39 is 0 Å². The zero-order chi connectivity index (χ0) is 17.4. The predicted octanol–water partition coefficient (Wildman–Crippen LogP) is 4.89. The number of unbranched alkanes of at least 4 members (excludes halogenated alkanes) is 3. The van der Waals surface area contributed by atoms with Crippen LogP contribution in [0.3, 0.4) is 0 Å².